The predicted molar refractivity (Wildman–Crippen MR) is 147 cm³/mol. The summed E-state index contributed by atoms with van der Waals surface area (Å²) in [4.78, 5) is 38.9. The molecule has 4 aromatic rings. The van der Waals surface area contributed by atoms with Crippen molar-refractivity contribution >= 4 is 23.6 Å². The lowest BCUT2D eigenvalue weighted by atomic mass is 9.90. The number of hydrogen-bond acceptors (Lipinski definition) is 4. The molecule has 39 heavy (non-hydrogen) atoms. The fourth-order valence-electron chi connectivity index (χ4n) is 4.89. The van der Waals surface area contributed by atoms with Crippen LogP contribution in [0.5, 0.6) is 0 Å². The zero-order valence-electron chi connectivity index (χ0n) is 21.3. The van der Waals surface area contributed by atoms with Gasteiger partial charge in [-0.25, -0.2) is 4.79 Å². The van der Waals surface area contributed by atoms with E-state index >= 15 is 0 Å². The van der Waals surface area contributed by atoms with Crippen LogP contribution in [0.15, 0.2) is 95.4 Å². The molecule has 1 aliphatic heterocycles. The Morgan fingerprint density at radius 3 is 2.54 bits per heavy atom. The number of urea groups is 1. The largest absolute Gasteiger partial charge is 0.481 e. The van der Waals surface area contributed by atoms with Gasteiger partial charge in [-0.2, -0.15) is 0 Å². The van der Waals surface area contributed by atoms with E-state index in [9.17, 15) is 19.5 Å². The number of carbonyl (C=O) groups excluding carboxylic acids is 2. The van der Waals surface area contributed by atoms with E-state index in [1.54, 1.807) is 35.2 Å². The molecule has 8 nitrogen and oxygen atoms in total. The van der Waals surface area contributed by atoms with E-state index in [2.05, 4.69) is 10.6 Å². The Morgan fingerprint density at radius 2 is 1.72 bits per heavy atom. The molecule has 0 aliphatic carbocycles. The molecule has 0 bridgehead atoms. The summed E-state index contributed by atoms with van der Waals surface area (Å²) in [6.45, 7) is 1.23. The molecular weight excluding hydrogens is 494 g/mol. The number of anilines is 1. The van der Waals surface area contributed by atoms with Crippen LogP contribution in [0, 0.1) is 0 Å². The van der Waals surface area contributed by atoms with E-state index in [0.29, 0.717) is 37.5 Å². The standard InChI is InChI=1S/C31H29N3O5/c35-29(36)18-22-15-16-34(20-24-9-4-5-12-26(22)24)30(37)28-14-13-27(39-28)23-10-6-11-25(17-23)33-31(38)32-19-21-7-2-1-3-8-21/h1-14,17,22H,15-16,18-20H2,(H,35,36)(H2,32,33,38). The third kappa shape index (κ3) is 6.35. The minimum absolute atomic E-state index is 0.0264. The van der Waals surface area contributed by atoms with Crippen LogP contribution >= 0.6 is 0 Å². The van der Waals surface area contributed by atoms with Crippen molar-refractivity contribution in [2.75, 3.05) is 11.9 Å². The number of furan rings is 1. The van der Waals surface area contributed by atoms with Crippen LogP contribution in [0.1, 0.15) is 46.0 Å². The van der Waals surface area contributed by atoms with Crippen LogP contribution in [-0.4, -0.2) is 34.5 Å². The summed E-state index contributed by atoms with van der Waals surface area (Å²) < 4.78 is 5.96. The quantitative estimate of drug-likeness (QED) is 0.280. The number of carboxylic acids is 1. The fraction of sp³-hybridized carbons (Fsp3) is 0.194. The lowest BCUT2D eigenvalue weighted by molar-refractivity contribution is -0.137. The van der Waals surface area contributed by atoms with E-state index in [1.807, 2.05) is 60.7 Å². The molecule has 2 heterocycles. The number of fused-ring (bicyclic) bond motifs is 1. The van der Waals surface area contributed by atoms with E-state index in [0.717, 1.165) is 22.3 Å². The highest BCUT2D eigenvalue weighted by atomic mass is 16.4. The number of benzene rings is 3. The van der Waals surface area contributed by atoms with Crippen LogP contribution < -0.4 is 10.6 Å². The smallest absolute Gasteiger partial charge is 0.319 e. The van der Waals surface area contributed by atoms with Gasteiger partial charge >= 0.3 is 12.0 Å². The van der Waals surface area contributed by atoms with E-state index in [1.165, 1.54) is 0 Å². The molecule has 8 heteroatoms. The van der Waals surface area contributed by atoms with Gasteiger partial charge in [0.2, 0.25) is 0 Å². The molecule has 3 aromatic carbocycles. The van der Waals surface area contributed by atoms with Gasteiger partial charge in [0.05, 0.1) is 6.42 Å². The maximum atomic E-state index is 13.4. The Hall–Kier alpha value is -4.85. The second-order valence-corrected chi connectivity index (χ2v) is 9.55. The summed E-state index contributed by atoms with van der Waals surface area (Å²) in [7, 11) is 0. The monoisotopic (exact) mass is 523 g/mol. The minimum atomic E-state index is -0.851. The number of carbonyl (C=O) groups is 3. The first kappa shape index (κ1) is 25.8. The van der Waals surface area contributed by atoms with Crippen LogP contribution in [-0.2, 0) is 17.9 Å². The van der Waals surface area contributed by atoms with Gasteiger partial charge in [-0.15, -0.1) is 0 Å². The summed E-state index contributed by atoms with van der Waals surface area (Å²) in [5.41, 5.74) is 4.24. The molecule has 0 saturated carbocycles. The highest BCUT2D eigenvalue weighted by Crippen LogP contribution is 2.32. The molecule has 0 radical (unpaired) electrons. The third-order valence-corrected chi connectivity index (χ3v) is 6.83. The van der Waals surface area contributed by atoms with Gasteiger partial charge in [0.15, 0.2) is 5.76 Å². The van der Waals surface area contributed by atoms with Crippen molar-refractivity contribution in [2.45, 2.75) is 31.8 Å². The molecule has 3 N–H and O–H groups in total. The zero-order chi connectivity index (χ0) is 27.2. The maximum absolute atomic E-state index is 13.4. The van der Waals surface area contributed by atoms with E-state index in [-0.39, 0.29) is 30.0 Å². The number of amides is 3. The molecule has 0 spiro atoms. The number of aliphatic carboxylic acids is 1. The van der Waals surface area contributed by atoms with E-state index < -0.39 is 5.97 Å². The number of nitrogens with one attached hydrogen (secondary N) is 2. The van der Waals surface area contributed by atoms with Crippen molar-refractivity contribution in [3.05, 3.63) is 113 Å². The highest BCUT2D eigenvalue weighted by molar-refractivity contribution is 5.92. The molecule has 0 saturated heterocycles. The van der Waals surface area contributed by atoms with Crippen LogP contribution in [0.4, 0.5) is 10.5 Å². The molecule has 198 valence electrons. The number of nitrogens with zero attached hydrogens (tertiary/aromatic N) is 1. The Kier molecular flexibility index (Phi) is 7.73. The van der Waals surface area contributed by atoms with Gasteiger partial charge in [0.25, 0.3) is 5.91 Å². The van der Waals surface area contributed by atoms with Crippen molar-refractivity contribution in [1.82, 2.24) is 10.2 Å². The highest BCUT2D eigenvalue weighted by Gasteiger charge is 2.28. The summed E-state index contributed by atoms with van der Waals surface area (Å²) in [6.07, 6.45) is 0.585. The molecule has 1 unspecified atom stereocenters. The Morgan fingerprint density at radius 1 is 0.923 bits per heavy atom. The topological polar surface area (TPSA) is 112 Å². The first-order valence-electron chi connectivity index (χ1n) is 12.8. The van der Waals surface area contributed by atoms with Crippen molar-refractivity contribution in [3.8, 4) is 11.3 Å². The Labute approximate surface area is 226 Å². The van der Waals surface area contributed by atoms with Gasteiger partial charge in [0.1, 0.15) is 5.76 Å². The summed E-state index contributed by atoms with van der Waals surface area (Å²) in [5, 5.41) is 15.0. The average Bonchev–Trinajstić information content (AvgIpc) is 3.37. The van der Waals surface area contributed by atoms with Gasteiger partial charge in [0, 0.05) is 30.9 Å². The third-order valence-electron chi connectivity index (χ3n) is 6.83. The normalized spacial score (nSPS) is 14.7. The molecule has 3 amide bonds. The molecule has 1 aliphatic rings. The average molecular weight is 524 g/mol. The second-order valence-electron chi connectivity index (χ2n) is 9.55. The van der Waals surface area contributed by atoms with Gasteiger partial charge < -0.3 is 25.1 Å². The predicted octanol–water partition coefficient (Wildman–Crippen LogP) is 5.87. The lowest BCUT2D eigenvalue weighted by Gasteiger charge is -2.19. The fourth-order valence-corrected chi connectivity index (χ4v) is 4.89. The second kappa shape index (κ2) is 11.7. The van der Waals surface area contributed by atoms with Crippen molar-refractivity contribution in [1.29, 1.82) is 0 Å². The van der Waals surface area contributed by atoms with Gasteiger partial charge in [-0.05, 0) is 53.3 Å². The number of carboxylic acid groups (broad SMARTS) is 1. The summed E-state index contributed by atoms with van der Waals surface area (Å²) in [6, 6.07) is 27.6. The zero-order valence-corrected chi connectivity index (χ0v) is 21.3. The van der Waals surface area contributed by atoms with Crippen molar-refractivity contribution < 1.29 is 23.9 Å². The van der Waals surface area contributed by atoms with Gasteiger partial charge in [-0.1, -0.05) is 66.7 Å². The molecule has 1 atom stereocenters. The summed E-state index contributed by atoms with van der Waals surface area (Å²) in [5.74, 6) is -0.537. The van der Waals surface area contributed by atoms with Crippen LogP contribution in [0.25, 0.3) is 11.3 Å². The number of hydrogen-bond donors (Lipinski definition) is 3. The summed E-state index contributed by atoms with van der Waals surface area (Å²) >= 11 is 0. The van der Waals surface area contributed by atoms with Gasteiger partial charge in [-0.3, -0.25) is 9.59 Å². The Balaban J connectivity index is 1.26. The Bertz CT molecular complexity index is 1480. The first-order chi connectivity index (χ1) is 19.0. The molecule has 1 aromatic heterocycles. The van der Waals surface area contributed by atoms with Crippen LogP contribution in [0.2, 0.25) is 0 Å². The first-order valence-corrected chi connectivity index (χ1v) is 12.8. The SMILES string of the molecule is O=C(O)CC1CCN(C(=O)c2ccc(-c3cccc(NC(=O)NCc4ccccc4)c3)o2)Cc2ccccc21. The molecular formula is C31H29N3O5. The maximum Gasteiger partial charge on any atom is 0.319 e. The van der Waals surface area contributed by atoms with Crippen LogP contribution in [0.3, 0.4) is 0 Å². The minimum Gasteiger partial charge on any atom is -0.481 e. The lowest BCUT2D eigenvalue weighted by Crippen LogP contribution is -2.30. The van der Waals surface area contributed by atoms with E-state index in [4.69, 9.17) is 4.42 Å². The molecule has 0 fully saturated rings. The number of rotatable bonds is 7. The van der Waals surface area contributed by atoms with Crippen molar-refractivity contribution in [3.63, 3.8) is 0 Å². The molecule has 5 rings (SSSR count). The van der Waals surface area contributed by atoms with Crippen molar-refractivity contribution in [2.24, 2.45) is 0 Å².